The number of ether oxygens (including phenoxy) is 1. The molecule has 2 bridgehead atoms. The molecule has 3 aliphatic rings. The van der Waals surface area contributed by atoms with E-state index in [-0.39, 0.29) is 48.4 Å². The highest BCUT2D eigenvalue weighted by Gasteiger charge is 2.62. The van der Waals surface area contributed by atoms with Gasteiger partial charge in [0.1, 0.15) is 11.6 Å². The SMILES string of the molecule is CN1CCCCC2CCCN2c2nc(-n3ccc(OCCC4(C(F)(F)F)CC4)n3)ccc2C(=O)N(C)S(=O)(=O)c2cccc1n2. The van der Waals surface area contributed by atoms with Gasteiger partial charge in [0.2, 0.25) is 5.88 Å². The molecule has 0 spiro atoms. The van der Waals surface area contributed by atoms with Gasteiger partial charge in [-0.05, 0) is 75.6 Å². The summed E-state index contributed by atoms with van der Waals surface area (Å²) >= 11 is 0. The summed E-state index contributed by atoms with van der Waals surface area (Å²) in [6.45, 7) is 1.22. The number of halogens is 3. The predicted octanol–water partition coefficient (Wildman–Crippen LogP) is 4.82. The van der Waals surface area contributed by atoms with Gasteiger partial charge in [0.05, 0.1) is 17.6 Å². The highest BCUT2D eigenvalue weighted by Crippen LogP contribution is 2.59. The Morgan fingerprint density at radius 1 is 0.978 bits per heavy atom. The summed E-state index contributed by atoms with van der Waals surface area (Å²) in [5.74, 6) is 0.640. The molecule has 1 aliphatic carbocycles. The molecule has 1 amide bonds. The van der Waals surface area contributed by atoms with E-state index in [1.807, 2.05) is 11.9 Å². The smallest absolute Gasteiger partial charge is 0.394 e. The van der Waals surface area contributed by atoms with Crippen molar-refractivity contribution in [2.24, 2.45) is 5.41 Å². The average Bonchev–Trinajstić information content (AvgIpc) is 3.44. The lowest BCUT2D eigenvalue weighted by Gasteiger charge is -2.29. The molecule has 1 unspecified atom stereocenters. The van der Waals surface area contributed by atoms with E-state index >= 15 is 0 Å². The molecule has 11 nitrogen and oxygen atoms in total. The van der Waals surface area contributed by atoms with Gasteiger partial charge in [0.25, 0.3) is 15.9 Å². The fourth-order valence-corrected chi connectivity index (χ4v) is 7.13. The summed E-state index contributed by atoms with van der Waals surface area (Å²) in [6, 6.07) is 9.49. The third-order valence-corrected chi connectivity index (χ3v) is 10.8. The van der Waals surface area contributed by atoms with Gasteiger partial charge in [-0.25, -0.2) is 19.0 Å². The maximum absolute atomic E-state index is 13.9. The Bertz CT molecular complexity index is 1680. The molecule has 15 heteroatoms. The van der Waals surface area contributed by atoms with Crippen LogP contribution in [0.1, 0.15) is 61.7 Å². The van der Waals surface area contributed by atoms with E-state index in [9.17, 15) is 26.4 Å². The molecule has 3 aromatic rings. The van der Waals surface area contributed by atoms with Gasteiger partial charge < -0.3 is 14.5 Å². The summed E-state index contributed by atoms with van der Waals surface area (Å²) in [5.41, 5.74) is -1.53. The third-order valence-electron chi connectivity index (χ3n) is 9.12. The Morgan fingerprint density at radius 2 is 1.76 bits per heavy atom. The Kier molecular flexibility index (Phi) is 8.16. The van der Waals surface area contributed by atoms with Crippen LogP contribution < -0.4 is 14.5 Å². The molecule has 0 N–H and O–H groups in total. The zero-order chi connectivity index (χ0) is 32.0. The van der Waals surface area contributed by atoms with E-state index in [4.69, 9.17) is 9.72 Å². The van der Waals surface area contributed by atoms with Crippen LogP contribution in [0.4, 0.5) is 24.8 Å². The molecule has 1 atom stereocenters. The molecule has 0 aromatic carbocycles. The number of hydrogen-bond acceptors (Lipinski definition) is 9. The highest BCUT2D eigenvalue weighted by molar-refractivity contribution is 7.89. The molecule has 242 valence electrons. The number of amides is 1. The molecule has 3 aromatic heterocycles. The molecule has 1 saturated carbocycles. The van der Waals surface area contributed by atoms with Crippen LogP contribution in [0.5, 0.6) is 5.88 Å². The molecule has 45 heavy (non-hydrogen) atoms. The van der Waals surface area contributed by atoms with E-state index in [0.29, 0.717) is 34.8 Å². The van der Waals surface area contributed by atoms with Gasteiger partial charge in [0.15, 0.2) is 10.8 Å². The number of hydrogen-bond donors (Lipinski definition) is 0. The number of sulfonamides is 1. The molecule has 1 saturated heterocycles. The lowest BCUT2D eigenvalue weighted by Crippen LogP contribution is -2.37. The van der Waals surface area contributed by atoms with Crippen LogP contribution >= 0.6 is 0 Å². The van der Waals surface area contributed by atoms with Gasteiger partial charge >= 0.3 is 6.18 Å². The molecule has 5 heterocycles. The first-order valence-electron chi connectivity index (χ1n) is 15.1. The second kappa shape index (κ2) is 11.8. The maximum Gasteiger partial charge on any atom is 0.394 e. The number of pyridine rings is 2. The zero-order valence-corrected chi connectivity index (χ0v) is 26.0. The summed E-state index contributed by atoms with van der Waals surface area (Å²) in [6.07, 6.45) is 1.89. The molecule has 6 rings (SSSR count). The van der Waals surface area contributed by atoms with Crippen LogP contribution in [-0.4, -0.2) is 84.4 Å². The number of aromatic nitrogens is 4. The quantitative estimate of drug-likeness (QED) is 0.385. The fourth-order valence-electron chi connectivity index (χ4n) is 6.08. The van der Waals surface area contributed by atoms with Crippen molar-refractivity contribution in [1.82, 2.24) is 24.1 Å². The number of carbonyl (C=O) groups excluding carboxylic acids is 1. The lowest BCUT2D eigenvalue weighted by molar-refractivity contribution is -0.190. The van der Waals surface area contributed by atoms with Crippen molar-refractivity contribution >= 4 is 27.6 Å². The van der Waals surface area contributed by atoms with Crippen molar-refractivity contribution < 1.29 is 31.1 Å². The summed E-state index contributed by atoms with van der Waals surface area (Å²) in [7, 11) is -1.20. The second-order valence-electron chi connectivity index (χ2n) is 12.0. The minimum Gasteiger partial charge on any atom is -0.477 e. The molecule has 0 radical (unpaired) electrons. The Balaban J connectivity index is 1.31. The van der Waals surface area contributed by atoms with Crippen molar-refractivity contribution in [1.29, 1.82) is 0 Å². The molecule has 2 aliphatic heterocycles. The predicted molar refractivity (Wildman–Crippen MR) is 160 cm³/mol. The van der Waals surface area contributed by atoms with Crippen LogP contribution in [-0.2, 0) is 10.0 Å². The van der Waals surface area contributed by atoms with E-state index in [2.05, 4.69) is 15.0 Å². The van der Waals surface area contributed by atoms with Gasteiger partial charge in [-0.2, -0.15) is 21.6 Å². The molecular weight excluding hydrogens is 611 g/mol. The minimum absolute atomic E-state index is 0.107. The standard InChI is InChI=1S/C30H36F3N7O4S/c1-37-17-4-3-7-21-8-6-18-39(21)27-22(28(41)38(2)45(42,43)26-10-5-9-23(37)34-26)11-12-24(35-27)40-19-13-25(36-40)44-20-16-29(14-15-29)30(31,32)33/h5,9-13,19,21H,3-4,6-8,14-18,20H2,1-2H3. The number of nitrogens with zero attached hydrogens (tertiary/aromatic N) is 7. The van der Waals surface area contributed by atoms with Gasteiger partial charge in [-0.1, -0.05) is 6.07 Å². The third kappa shape index (κ3) is 6.06. The summed E-state index contributed by atoms with van der Waals surface area (Å²) < 4.78 is 74.7. The van der Waals surface area contributed by atoms with Gasteiger partial charge in [-0.3, -0.25) is 4.79 Å². The fraction of sp³-hybridized carbons (Fsp3) is 0.533. The van der Waals surface area contributed by atoms with Crippen LogP contribution in [0.15, 0.2) is 47.6 Å². The number of carbonyl (C=O) groups is 1. The Hall–Kier alpha value is -3.88. The van der Waals surface area contributed by atoms with Crippen molar-refractivity contribution in [2.75, 3.05) is 43.6 Å². The van der Waals surface area contributed by atoms with Crippen LogP contribution in [0, 0.1) is 5.41 Å². The first-order chi connectivity index (χ1) is 21.4. The number of rotatable bonds is 5. The minimum atomic E-state index is -4.28. The van der Waals surface area contributed by atoms with E-state index in [0.717, 1.165) is 32.1 Å². The highest BCUT2D eigenvalue weighted by atomic mass is 32.2. The van der Waals surface area contributed by atoms with Crippen molar-refractivity contribution in [3.8, 4) is 11.7 Å². The van der Waals surface area contributed by atoms with Crippen molar-refractivity contribution in [2.45, 2.75) is 68.6 Å². The van der Waals surface area contributed by atoms with Crippen LogP contribution in [0.2, 0.25) is 0 Å². The van der Waals surface area contributed by atoms with Crippen LogP contribution in [0.3, 0.4) is 0 Å². The Labute approximate surface area is 260 Å². The summed E-state index contributed by atoms with van der Waals surface area (Å²) in [4.78, 5) is 27.0. The topological polar surface area (TPSA) is 114 Å². The average molecular weight is 648 g/mol. The Morgan fingerprint density at radius 3 is 2.51 bits per heavy atom. The van der Waals surface area contributed by atoms with Crippen molar-refractivity contribution in [3.63, 3.8) is 0 Å². The lowest BCUT2D eigenvalue weighted by atomic mass is 10.0. The monoisotopic (exact) mass is 647 g/mol. The van der Waals surface area contributed by atoms with Gasteiger partial charge in [-0.15, -0.1) is 5.10 Å². The number of anilines is 2. The zero-order valence-electron chi connectivity index (χ0n) is 25.2. The maximum atomic E-state index is 13.9. The number of fused-ring (bicyclic) bond motifs is 5. The first-order valence-corrected chi connectivity index (χ1v) is 16.6. The van der Waals surface area contributed by atoms with E-state index in [1.165, 1.54) is 17.8 Å². The largest absolute Gasteiger partial charge is 0.477 e. The van der Waals surface area contributed by atoms with Crippen molar-refractivity contribution in [3.05, 3.63) is 48.2 Å². The van der Waals surface area contributed by atoms with Gasteiger partial charge in [0, 0.05) is 45.5 Å². The molecular formula is C30H36F3N7O4S. The second-order valence-corrected chi connectivity index (χ2v) is 14.0. The number of alkyl halides is 3. The normalized spacial score (nSPS) is 21.5. The summed E-state index contributed by atoms with van der Waals surface area (Å²) in [5, 5.41) is 4.13. The van der Waals surface area contributed by atoms with Crippen LogP contribution in [0.25, 0.3) is 5.82 Å². The molecule has 2 fully saturated rings. The van der Waals surface area contributed by atoms with E-state index in [1.54, 1.807) is 36.5 Å². The van der Waals surface area contributed by atoms with E-state index < -0.39 is 27.5 Å². The first kappa shape index (κ1) is 31.1.